The average molecular weight is 257 g/mol. The first-order valence-electron chi connectivity index (χ1n) is 6.59. The van der Waals surface area contributed by atoms with Gasteiger partial charge in [0.1, 0.15) is 0 Å². The Kier molecular flexibility index (Phi) is 4.72. The van der Waals surface area contributed by atoms with Crippen LogP contribution in [0, 0.1) is 0 Å². The Balaban J connectivity index is 2.31. The van der Waals surface area contributed by atoms with E-state index in [0.29, 0.717) is 18.4 Å². The summed E-state index contributed by atoms with van der Waals surface area (Å²) in [6, 6.07) is 7.87. The second-order valence-electron chi connectivity index (χ2n) is 4.22. The molecule has 1 N–H and O–H groups in total. The third-order valence-electron chi connectivity index (χ3n) is 2.66. The molecule has 0 aliphatic heterocycles. The molecule has 0 aliphatic rings. The molecule has 0 radical (unpaired) electrons. The van der Waals surface area contributed by atoms with Crippen LogP contribution < -0.4 is 10.1 Å². The summed E-state index contributed by atoms with van der Waals surface area (Å²) in [7, 11) is 0. The van der Waals surface area contributed by atoms with Crippen LogP contribution in [0.25, 0.3) is 10.9 Å². The molecule has 0 saturated heterocycles. The molecule has 2 rings (SSSR count). The van der Waals surface area contributed by atoms with Gasteiger partial charge in [-0.25, -0.2) is 4.98 Å². The maximum atomic E-state index is 5.72. The standard InChI is InChI=1S/C15H19N3O/c1-3-5-11-19-14-12-8-6-7-9-13(12)17-15(18-14)16-10-4-2/h3,6-9H,1,4-5,10-11H2,2H3,(H,16,17,18). The van der Waals surface area contributed by atoms with Crippen molar-refractivity contribution in [3.63, 3.8) is 0 Å². The van der Waals surface area contributed by atoms with Crippen LogP contribution in [0.15, 0.2) is 36.9 Å². The predicted molar refractivity (Wildman–Crippen MR) is 78.6 cm³/mol. The normalized spacial score (nSPS) is 10.4. The zero-order chi connectivity index (χ0) is 13.5. The van der Waals surface area contributed by atoms with E-state index in [1.807, 2.05) is 30.3 Å². The third kappa shape index (κ3) is 3.44. The summed E-state index contributed by atoms with van der Waals surface area (Å²) in [6.45, 7) is 7.23. The minimum absolute atomic E-state index is 0.581. The van der Waals surface area contributed by atoms with E-state index >= 15 is 0 Å². The van der Waals surface area contributed by atoms with Gasteiger partial charge in [0, 0.05) is 6.54 Å². The highest BCUT2D eigenvalue weighted by Crippen LogP contribution is 2.23. The Morgan fingerprint density at radius 2 is 2.16 bits per heavy atom. The van der Waals surface area contributed by atoms with Gasteiger partial charge in [0.15, 0.2) is 0 Å². The van der Waals surface area contributed by atoms with Gasteiger partial charge in [-0.1, -0.05) is 25.1 Å². The van der Waals surface area contributed by atoms with Gasteiger partial charge >= 0.3 is 0 Å². The lowest BCUT2D eigenvalue weighted by molar-refractivity contribution is 0.316. The van der Waals surface area contributed by atoms with E-state index in [-0.39, 0.29) is 0 Å². The molecule has 0 fully saturated rings. The Morgan fingerprint density at radius 3 is 2.95 bits per heavy atom. The SMILES string of the molecule is C=CCCOc1nc(NCCC)nc2ccccc12. The molecule has 4 nitrogen and oxygen atoms in total. The molecule has 0 amide bonds. The molecule has 0 aliphatic carbocycles. The van der Waals surface area contributed by atoms with Crippen LogP contribution in [-0.2, 0) is 0 Å². The van der Waals surface area contributed by atoms with E-state index in [0.717, 1.165) is 30.3 Å². The van der Waals surface area contributed by atoms with Crippen LogP contribution in [-0.4, -0.2) is 23.1 Å². The number of para-hydroxylation sites is 1. The molecule has 0 unspecified atom stereocenters. The fourth-order valence-electron chi connectivity index (χ4n) is 1.71. The minimum atomic E-state index is 0.581. The quantitative estimate of drug-likeness (QED) is 0.610. The molecule has 2 aromatic rings. The fraction of sp³-hybridized carbons (Fsp3) is 0.333. The Morgan fingerprint density at radius 1 is 1.32 bits per heavy atom. The third-order valence-corrected chi connectivity index (χ3v) is 2.66. The van der Waals surface area contributed by atoms with E-state index in [1.54, 1.807) is 0 Å². The van der Waals surface area contributed by atoms with Gasteiger partial charge < -0.3 is 10.1 Å². The van der Waals surface area contributed by atoms with Crippen LogP contribution in [0.5, 0.6) is 5.88 Å². The van der Waals surface area contributed by atoms with Crippen LogP contribution in [0.4, 0.5) is 5.95 Å². The van der Waals surface area contributed by atoms with Gasteiger partial charge in [-0.15, -0.1) is 6.58 Å². The minimum Gasteiger partial charge on any atom is -0.477 e. The molecule has 19 heavy (non-hydrogen) atoms. The lowest BCUT2D eigenvalue weighted by Crippen LogP contribution is -2.07. The zero-order valence-corrected chi connectivity index (χ0v) is 11.2. The number of rotatable bonds is 7. The van der Waals surface area contributed by atoms with E-state index in [9.17, 15) is 0 Å². The van der Waals surface area contributed by atoms with Gasteiger partial charge in [0.25, 0.3) is 0 Å². The van der Waals surface area contributed by atoms with Crippen LogP contribution in [0.2, 0.25) is 0 Å². The van der Waals surface area contributed by atoms with Gasteiger partial charge in [-0.3, -0.25) is 0 Å². The summed E-state index contributed by atoms with van der Waals surface area (Å²) in [5, 5.41) is 4.13. The van der Waals surface area contributed by atoms with Crippen molar-refractivity contribution in [2.45, 2.75) is 19.8 Å². The molecular formula is C15H19N3O. The Hall–Kier alpha value is -2.10. The highest BCUT2D eigenvalue weighted by Gasteiger charge is 2.07. The first-order chi connectivity index (χ1) is 9.35. The second-order valence-corrected chi connectivity index (χ2v) is 4.22. The summed E-state index contributed by atoms with van der Waals surface area (Å²) >= 11 is 0. The topological polar surface area (TPSA) is 47.0 Å². The highest BCUT2D eigenvalue weighted by molar-refractivity contribution is 5.84. The van der Waals surface area contributed by atoms with Crippen molar-refractivity contribution >= 4 is 16.9 Å². The molecule has 1 aromatic heterocycles. The smallest absolute Gasteiger partial charge is 0.226 e. The molecule has 0 atom stereocenters. The number of aromatic nitrogens is 2. The average Bonchev–Trinajstić information content (AvgIpc) is 2.45. The van der Waals surface area contributed by atoms with Crippen LogP contribution >= 0.6 is 0 Å². The zero-order valence-electron chi connectivity index (χ0n) is 11.2. The van der Waals surface area contributed by atoms with Crippen molar-refractivity contribution in [3.05, 3.63) is 36.9 Å². The van der Waals surface area contributed by atoms with Gasteiger partial charge in [-0.05, 0) is 25.0 Å². The van der Waals surface area contributed by atoms with E-state index < -0.39 is 0 Å². The van der Waals surface area contributed by atoms with Crippen LogP contribution in [0.3, 0.4) is 0 Å². The molecule has 4 heteroatoms. The molecular weight excluding hydrogens is 238 g/mol. The fourth-order valence-corrected chi connectivity index (χ4v) is 1.71. The summed E-state index contributed by atoms with van der Waals surface area (Å²) in [5.41, 5.74) is 0.893. The lowest BCUT2D eigenvalue weighted by Gasteiger charge is -2.10. The van der Waals surface area contributed by atoms with Gasteiger partial charge in [0.05, 0.1) is 17.5 Å². The van der Waals surface area contributed by atoms with E-state index in [1.165, 1.54) is 0 Å². The molecule has 0 bridgehead atoms. The molecule has 0 saturated carbocycles. The van der Waals surface area contributed by atoms with Crippen molar-refractivity contribution < 1.29 is 4.74 Å². The van der Waals surface area contributed by atoms with E-state index in [4.69, 9.17) is 4.74 Å². The molecule has 0 spiro atoms. The number of nitrogens with zero attached hydrogens (tertiary/aromatic N) is 2. The largest absolute Gasteiger partial charge is 0.477 e. The van der Waals surface area contributed by atoms with Gasteiger partial charge in [0.2, 0.25) is 11.8 Å². The number of anilines is 1. The van der Waals surface area contributed by atoms with Crippen molar-refractivity contribution in [2.75, 3.05) is 18.5 Å². The first-order valence-corrected chi connectivity index (χ1v) is 6.59. The lowest BCUT2D eigenvalue weighted by atomic mass is 10.2. The number of benzene rings is 1. The van der Waals surface area contributed by atoms with Crippen LogP contribution in [0.1, 0.15) is 19.8 Å². The van der Waals surface area contributed by atoms with Crippen molar-refractivity contribution in [3.8, 4) is 5.88 Å². The molecule has 100 valence electrons. The number of fused-ring (bicyclic) bond motifs is 1. The van der Waals surface area contributed by atoms with Gasteiger partial charge in [-0.2, -0.15) is 4.98 Å². The Labute approximate surface area is 113 Å². The van der Waals surface area contributed by atoms with Crippen molar-refractivity contribution in [2.24, 2.45) is 0 Å². The first kappa shape index (κ1) is 13.3. The maximum Gasteiger partial charge on any atom is 0.226 e. The number of ether oxygens (including phenoxy) is 1. The summed E-state index contributed by atoms with van der Waals surface area (Å²) < 4.78 is 5.72. The van der Waals surface area contributed by atoms with Crippen molar-refractivity contribution in [1.82, 2.24) is 9.97 Å². The maximum absolute atomic E-state index is 5.72. The highest BCUT2D eigenvalue weighted by atomic mass is 16.5. The molecule has 1 heterocycles. The number of hydrogen-bond acceptors (Lipinski definition) is 4. The summed E-state index contributed by atoms with van der Waals surface area (Å²) in [4.78, 5) is 8.91. The predicted octanol–water partition coefficient (Wildman–Crippen LogP) is 3.41. The number of hydrogen-bond donors (Lipinski definition) is 1. The van der Waals surface area contributed by atoms with Crippen molar-refractivity contribution in [1.29, 1.82) is 0 Å². The monoisotopic (exact) mass is 257 g/mol. The summed E-state index contributed by atoms with van der Waals surface area (Å²) in [6.07, 6.45) is 3.67. The second kappa shape index (κ2) is 6.73. The summed E-state index contributed by atoms with van der Waals surface area (Å²) in [5.74, 6) is 1.25. The Bertz CT molecular complexity index is 554. The molecule has 1 aromatic carbocycles. The number of nitrogens with one attached hydrogen (secondary N) is 1. The van der Waals surface area contributed by atoms with E-state index in [2.05, 4.69) is 28.8 Å².